The molecule has 4 aromatic heterocycles. The van der Waals surface area contributed by atoms with Crippen LogP contribution in [0.4, 0.5) is 5.69 Å². The van der Waals surface area contributed by atoms with E-state index in [1.807, 2.05) is 36.0 Å². The number of pyridine rings is 2. The van der Waals surface area contributed by atoms with Gasteiger partial charge < -0.3 is 14.6 Å². The van der Waals surface area contributed by atoms with E-state index in [0.29, 0.717) is 11.3 Å². The van der Waals surface area contributed by atoms with E-state index in [-0.39, 0.29) is 5.56 Å². The van der Waals surface area contributed by atoms with E-state index in [1.165, 1.54) is 0 Å². The summed E-state index contributed by atoms with van der Waals surface area (Å²) in [4.78, 5) is 24.6. The number of hydrogen-bond donors (Lipinski definition) is 1. The minimum atomic E-state index is -0.0676. The summed E-state index contributed by atoms with van der Waals surface area (Å²) in [5, 5.41) is 3.35. The van der Waals surface area contributed by atoms with Gasteiger partial charge in [0.25, 0.3) is 5.56 Å². The summed E-state index contributed by atoms with van der Waals surface area (Å²) in [6.45, 7) is 7.90. The van der Waals surface area contributed by atoms with Gasteiger partial charge in [-0.05, 0) is 37.1 Å². The first kappa shape index (κ1) is 17.9. The zero-order valence-corrected chi connectivity index (χ0v) is 16.7. The van der Waals surface area contributed by atoms with Gasteiger partial charge in [0.1, 0.15) is 11.3 Å². The van der Waals surface area contributed by atoms with E-state index in [2.05, 4.69) is 34.3 Å². The van der Waals surface area contributed by atoms with Crippen LogP contribution in [-0.2, 0) is 6.42 Å². The van der Waals surface area contributed by atoms with Gasteiger partial charge in [-0.1, -0.05) is 6.92 Å². The Morgan fingerprint density at radius 3 is 2.69 bits per heavy atom. The number of aryl methyl sites for hydroxylation is 2. The topological polar surface area (TPSA) is 66.9 Å². The standard InChI is InChI=1S/C22H24N6O/c1-3-16-10-17(13-27-12-15(2)24-22(16)27)19-11-21(29)28-14-18(4-5-20(28)25-19)26-8-6-23-7-9-26/h4-5,10-14,23H,3,6-9H2,1-2H3. The number of fused-ring (bicyclic) bond motifs is 2. The number of anilines is 1. The predicted molar refractivity (Wildman–Crippen MR) is 115 cm³/mol. The van der Waals surface area contributed by atoms with E-state index in [4.69, 9.17) is 4.98 Å². The molecule has 0 atom stereocenters. The summed E-state index contributed by atoms with van der Waals surface area (Å²) in [5.74, 6) is 0. The Balaban J connectivity index is 1.61. The zero-order chi connectivity index (χ0) is 20.0. The molecular weight excluding hydrogens is 364 g/mol. The minimum Gasteiger partial charge on any atom is -0.368 e. The van der Waals surface area contributed by atoms with Crippen molar-refractivity contribution < 1.29 is 0 Å². The van der Waals surface area contributed by atoms with Crippen molar-refractivity contribution in [3.63, 3.8) is 0 Å². The Morgan fingerprint density at radius 2 is 1.90 bits per heavy atom. The molecule has 29 heavy (non-hydrogen) atoms. The van der Waals surface area contributed by atoms with Crippen LogP contribution in [0, 0.1) is 6.92 Å². The summed E-state index contributed by atoms with van der Waals surface area (Å²) < 4.78 is 3.67. The van der Waals surface area contributed by atoms with Gasteiger partial charge in [-0.2, -0.15) is 0 Å². The van der Waals surface area contributed by atoms with Gasteiger partial charge >= 0.3 is 0 Å². The molecule has 1 N–H and O–H groups in total. The number of aromatic nitrogens is 4. The maximum Gasteiger partial charge on any atom is 0.258 e. The molecule has 0 spiro atoms. The number of piperazine rings is 1. The van der Waals surface area contributed by atoms with Crippen LogP contribution in [0.1, 0.15) is 18.2 Å². The molecule has 4 aromatic rings. The molecule has 0 aliphatic carbocycles. The lowest BCUT2D eigenvalue weighted by molar-refractivity contribution is 0.588. The second kappa shape index (κ2) is 7.00. The lowest BCUT2D eigenvalue weighted by Crippen LogP contribution is -2.43. The second-order valence-corrected chi connectivity index (χ2v) is 7.55. The average molecular weight is 388 g/mol. The van der Waals surface area contributed by atoms with Crippen LogP contribution in [0.5, 0.6) is 0 Å². The maximum atomic E-state index is 12.9. The summed E-state index contributed by atoms with van der Waals surface area (Å²) in [6.07, 6.45) is 6.78. The van der Waals surface area contributed by atoms with Crippen LogP contribution < -0.4 is 15.8 Å². The minimum absolute atomic E-state index is 0.0676. The Bertz CT molecular complexity index is 1270. The molecule has 148 valence electrons. The first-order chi connectivity index (χ1) is 14.1. The van der Waals surface area contributed by atoms with Gasteiger partial charge in [-0.25, -0.2) is 9.97 Å². The van der Waals surface area contributed by atoms with Crippen LogP contribution in [-0.4, -0.2) is 44.9 Å². The molecule has 0 amide bonds. The molecule has 0 aromatic carbocycles. The van der Waals surface area contributed by atoms with Crippen LogP contribution in [0.25, 0.3) is 22.6 Å². The summed E-state index contributed by atoms with van der Waals surface area (Å²) in [7, 11) is 0. The maximum absolute atomic E-state index is 12.9. The summed E-state index contributed by atoms with van der Waals surface area (Å²) >= 11 is 0. The number of hydrogen-bond acceptors (Lipinski definition) is 5. The molecule has 0 saturated carbocycles. The third-order valence-corrected chi connectivity index (χ3v) is 5.55. The first-order valence-corrected chi connectivity index (χ1v) is 10.1. The highest BCUT2D eigenvalue weighted by molar-refractivity contribution is 5.66. The Morgan fingerprint density at radius 1 is 1.07 bits per heavy atom. The van der Waals surface area contributed by atoms with Crippen molar-refractivity contribution in [1.29, 1.82) is 0 Å². The van der Waals surface area contributed by atoms with Crippen molar-refractivity contribution in [1.82, 2.24) is 24.1 Å². The molecule has 0 radical (unpaired) electrons. The lowest BCUT2D eigenvalue weighted by Gasteiger charge is -2.29. The monoisotopic (exact) mass is 388 g/mol. The van der Waals surface area contributed by atoms with Gasteiger partial charge in [-0.15, -0.1) is 0 Å². The number of nitrogens with one attached hydrogen (secondary N) is 1. The van der Waals surface area contributed by atoms with E-state index < -0.39 is 0 Å². The van der Waals surface area contributed by atoms with E-state index in [9.17, 15) is 4.79 Å². The van der Waals surface area contributed by atoms with E-state index in [0.717, 1.165) is 60.8 Å². The third kappa shape index (κ3) is 3.17. The molecule has 7 nitrogen and oxygen atoms in total. The molecular formula is C22H24N6O. The zero-order valence-electron chi connectivity index (χ0n) is 16.7. The smallest absolute Gasteiger partial charge is 0.258 e. The van der Waals surface area contributed by atoms with Crippen LogP contribution in [0.2, 0.25) is 0 Å². The molecule has 1 fully saturated rings. The first-order valence-electron chi connectivity index (χ1n) is 10.1. The molecule has 1 aliphatic rings. The molecule has 5 rings (SSSR count). The normalized spacial score (nSPS) is 14.8. The number of nitrogens with zero attached hydrogens (tertiary/aromatic N) is 5. The van der Waals surface area contributed by atoms with E-state index >= 15 is 0 Å². The van der Waals surface area contributed by atoms with E-state index in [1.54, 1.807) is 10.5 Å². The Labute approximate surface area is 168 Å². The summed E-state index contributed by atoms with van der Waals surface area (Å²) in [5.41, 5.74) is 6.35. The van der Waals surface area contributed by atoms with Crippen molar-refractivity contribution in [2.45, 2.75) is 20.3 Å². The molecule has 0 bridgehead atoms. The van der Waals surface area contributed by atoms with Gasteiger partial charge in [0.05, 0.1) is 17.1 Å². The lowest BCUT2D eigenvalue weighted by atomic mass is 10.1. The quantitative estimate of drug-likeness (QED) is 0.583. The van der Waals surface area contributed by atoms with Gasteiger partial charge in [0.2, 0.25) is 0 Å². The predicted octanol–water partition coefficient (Wildman–Crippen LogP) is 2.29. The SMILES string of the molecule is CCc1cc(-c2cc(=O)n3cc(N4CCNCC4)ccc3n2)cn2cc(C)nc12. The third-order valence-electron chi connectivity index (χ3n) is 5.55. The molecule has 0 unspecified atom stereocenters. The van der Waals surface area contributed by atoms with Crippen molar-refractivity contribution in [2.75, 3.05) is 31.1 Å². The highest BCUT2D eigenvalue weighted by atomic mass is 16.1. The van der Waals surface area contributed by atoms with Crippen molar-refractivity contribution >= 4 is 17.0 Å². The van der Waals surface area contributed by atoms with Gasteiger partial charge in [0, 0.05) is 56.4 Å². The Kier molecular flexibility index (Phi) is 4.32. The average Bonchev–Trinajstić information content (AvgIpc) is 3.13. The summed E-state index contributed by atoms with van der Waals surface area (Å²) in [6, 6.07) is 7.70. The molecule has 5 heterocycles. The van der Waals surface area contributed by atoms with Crippen molar-refractivity contribution in [3.8, 4) is 11.3 Å². The van der Waals surface area contributed by atoms with Gasteiger partial charge in [-0.3, -0.25) is 9.20 Å². The Hall–Kier alpha value is -3.19. The highest BCUT2D eigenvalue weighted by Crippen LogP contribution is 2.23. The fourth-order valence-electron chi connectivity index (χ4n) is 4.04. The van der Waals surface area contributed by atoms with Crippen molar-refractivity contribution in [2.24, 2.45) is 0 Å². The molecule has 1 aliphatic heterocycles. The number of imidazole rings is 1. The van der Waals surface area contributed by atoms with Crippen LogP contribution >= 0.6 is 0 Å². The van der Waals surface area contributed by atoms with Crippen LogP contribution in [0.15, 0.2) is 47.7 Å². The highest BCUT2D eigenvalue weighted by Gasteiger charge is 2.13. The molecule has 7 heteroatoms. The van der Waals surface area contributed by atoms with Crippen molar-refractivity contribution in [3.05, 3.63) is 64.5 Å². The second-order valence-electron chi connectivity index (χ2n) is 7.55. The van der Waals surface area contributed by atoms with Gasteiger partial charge in [0.15, 0.2) is 0 Å². The molecule has 1 saturated heterocycles. The van der Waals surface area contributed by atoms with Crippen LogP contribution in [0.3, 0.4) is 0 Å². The fraction of sp³-hybridized carbons (Fsp3) is 0.318. The number of rotatable bonds is 3. The largest absolute Gasteiger partial charge is 0.368 e. The fourth-order valence-corrected chi connectivity index (χ4v) is 4.04.